The Morgan fingerprint density at radius 1 is 1.20 bits per heavy atom. The maximum Gasteiger partial charge on any atom is 0.226 e. The van der Waals surface area contributed by atoms with E-state index in [0.29, 0.717) is 5.92 Å². The van der Waals surface area contributed by atoms with Crippen LogP contribution in [0, 0.1) is 0 Å². The van der Waals surface area contributed by atoms with Crippen molar-refractivity contribution in [1.29, 1.82) is 0 Å². The molecule has 30 heavy (non-hydrogen) atoms. The molecule has 5 rings (SSSR count). The van der Waals surface area contributed by atoms with Gasteiger partial charge < -0.3 is 15.2 Å². The Hall–Kier alpha value is -3.41. The van der Waals surface area contributed by atoms with Crippen molar-refractivity contribution in [3.8, 4) is 0 Å². The summed E-state index contributed by atoms with van der Waals surface area (Å²) in [5, 5.41) is 2.99. The van der Waals surface area contributed by atoms with Crippen LogP contribution in [0.1, 0.15) is 61.5 Å². The minimum Gasteiger partial charge on any atom is -0.342 e. The highest BCUT2D eigenvalue weighted by Gasteiger charge is 2.28. The van der Waals surface area contributed by atoms with E-state index < -0.39 is 0 Å². The van der Waals surface area contributed by atoms with Crippen LogP contribution in [-0.2, 0) is 9.59 Å². The number of hydrogen-bond donors (Lipinski definition) is 2. The number of H-pyrrole nitrogens is 1. The largest absolute Gasteiger partial charge is 0.342 e. The van der Waals surface area contributed by atoms with Gasteiger partial charge in [0, 0.05) is 24.7 Å². The molecule has 6 heteroatoms. The number of aromatic nitrogens is 2. The summed E-state index contributed by atoms with van der Waals surface area (Å²) in [6.07, 6.45) is 7.51. The molecule has 3 aromatic rings. The van der Waals surface area contributed by atoms with Gasteiger partial charge in [0.1, 0.15) is 5.82 Å². The van der Waals surface area contributed by atoms with Gasteiger partial charge >= 0.3 is 0 Å². The van der Waals surface area contributed by atoms with Crippen molar-refractivity contribution >= 4 is 34.6 Å². The highest BCUT2D eigenvalue weighted by atomic mass is 16.2. The molecule has 0 bridgehead atoms. The predicted molar refractivity (Wildman–Crippen MR) is 117 cm³/mol. The lowest BCUT2D eigenvalue weighted by Gasteiger charge is -2.32. The lowest BCUT2D eigenvalue weighted by atomic mass is 9.85. The number of carbonyl (C=O) groups is 2. The van der Waals surface area contributed by atoms with Gasteiger partial charge in [0.25, 0.3) is 0 Å². The lowest BCUT2D eigenvalue weighted by molar-refractivity contribution is -0.129. The fourth-order valence-electron chi connectivity index (χ4n) is 4.28. The van der Waals surface area contributed by atoms with E-state index in [2.05, 4.69) is 15.3 Å². The molecule has 2 aliphatic rings. The van der Waals surface area contributed by atoms with E-state index in [4.69, 9.17) is 0 Å². The van der Waals surface area contributed by atoms with Gasteiger partial charge in [-0.25, -0.2) is 4.98 Å². The number of benzene rings is 2. The molecule has 2 heterocycles. The van der Waals surface area contributed by atoms with Gasteiger partial charge in [-0.3, -0.25) is 9.59 Å². The zero-order chi connectivity index (χ0) is 20.7. The van der Waals surface area contributed by atoms with Crippen molar-refractivity contribution in [2.24, 2.45) is 0 Å². The molecular weight excluding hydrogens is 376 g/mol. The van der Waals surface area contributed by atoms with Crippen LogP contribution in [-0.4, -0.2) is 26.7 Å². The monoisotopic (exact) mass is 400 g/mol. The smallest absolute Gasteiger partial charge is 0.226 e. The quantitative estimate of drug-likeness (QED) is 0.664. The first-order valence-corrected chi connectivity index (χ1v) is 10.4. The topological polar surface area (TPSA) is 78.1 Å². The highest BCUT2D eigenvalue weighted by Crippen LogP contribution is 2.36. The number of anilines is 1. The van der Waals surface area contributed by atoms with Gasteiger partial charge in [0.15, 0.2) is 0 Å². The summed E-state index contributed by atoms with van der Waals surface area (Å²) in [6.45, 7) is 1.52. The molecule has 1 saturated carbocycles. The van der Waals surface area contributed by atoms with Crippen LogP contribution < -0.4 is 5.32 Å². The van der Waals surface area contributed by atoms with Gasteiger partial charge in [0.2, 0.25) is 11.8 Å². The van der Waals surface area contributed by atoms with Gasteiger partial charge in [-0.15, -0.1) is 0 Å². The summed E-state index contributed by atoms with van der Waals surface area (Å²) in [4.78, 5) is 34.7. The number of hydrogen-bond acceptors (Lipinski definition) is 3. The van der Waals surface area contributed by atoms with Crippen molar-refractivity contribution in [3.05, 3.63) is 65.6 Å². The van der Waals surface area contributed by atoms with Gasteiger partial charge in [0.05, 0.1) is 23.5 Å². The molecule has 2 aromatic carbocycles. The van der Waals surface area contributed by atoms with Crippen molar-refractivity contribution in [3.63, 3.8) is 0 Å². The lowest BCUT2D eigenvalue weighted by Crippen LogP contribution is -2.33. The van der Waals surface area contributed by atoms with Crippen molar-refractivity contribution in [1.82, 2.24) is 14.9 Å². The SMILES string of the molecule is CC(=O)N1C=Cc2ccccc2C1CC(=O)Nc1ccc2nc(C3CCC3)[nH]c2c1. The van der Waals surface area contributed by atoms with Crippen LogP contribution in [0.3, 0.4) is 0 Å². The first-order chi connectivity index (χ1) is 14.6. The summed E-state index contributed by atoms with van der Waals surface area (Å²) >= 11 is 0. The number of aromatic amines is 1. The summed E-state index contributed by atoms with van der Waals surface area (Å²) in [5.74, 6) is 1.37. The number of rotatable bonds is 4. The number of amides is 2. The number of imidazole rings is 1. The standard InChI is InChI=1S/C24H24N4O2/c1-15(29)28-12-11-16-5-2-3-8-19(16)22(28)14-23(30)25-18-9-10-20-21(13-18)27-24(26-20)17-6-4-7-17/h2-3,5,8-13,17,22H,4,6-7,14H2,1H3,(H,25,30)(H,26,27). The van der Waals surface area contributed by atoms with Crippen LogP contribution in [0.4, 0.5) is 5.69 Å². The Morgan fingerprint density at radius 3 is 2.80 bits per heavy atom. The second-order valence-electron chi connectivity index (χ2n) is 8.12. The molecule has 2 amide bonds. The van der Waals surface area contributed by atoms with E-state index in [-0.39, 0.29) is 24.3 Å². The third-order valence-electron chi connectivity index (χ3n) is 6.12. The first kappa shape index (κ1) is 18.6. The first-order valence-electron chi connectivity index (χ1n) is 10.4. The second kappa shape index (κ2) is 7.44. The van der Waals surface area contributed by atoms with Crippen LogP contribution >= 0.6 is 0 Å². The number of nitrogens with zero attached hydrogens (tertiary/aromatic N) is 2. The van der Waals surface area contributed by atoms with E-state index in [0.717, 1.165) is 33.7 Å². The van der Waals surface area contributed by atoms with E-state index >= 15 is 0 Å². The maximum atomic E-state index is 12.9. The normalized spacial score (nSPS) is 18.2. The molecule has 1 fully saturated rings. The zero-order valence-electron chi connectivity index (χ0n) is 16.9. The molecule has 1 aromatic heterocycles. The Bertz CT molecular complexity index is 1160. The van der Waals surface area contributed by atoms with Crippen molar-refractivity contribution < 1.29 is 9.59 Å². The fourth-order valence-corrected chi connectivity index (χ4v) is 4.28. The van der Waals surface area contributed by atoms with Gasteiger partial charge in [-0.2, -0.15) is 0 Å². The number of fused-ring (bicyclic) bond motifs is 2. The molecule has 0 radical (unpaired) electrons. The van der Waals surface area contributed by atoms with E-state index in [9.17, 15) is 9.59 Å². The molecule has 2 N–H and O–H groups in total. The number of nitrogens with one attached hydrogen (secondary N) is 2. The molecular formula is C24H24N4O2. The molecule has 1 aliphatic carbocycles. The predicted octanol–water partition coefficient (Wildman–Crippen LogP) is 4.73. The van der Waals surface area contributed by atoms with Crippen LogP contribution in [0.2, 0.25) is 0 Å². The Labute approximate surface area is 175 Å². The summed E-state index contributed by atoms with van der Waals surface area (Å²) in [5.41, 5.74) is 4.61. The summed E-state index contributed by atoms with van der Waals surface area (Å²) in [6, 6.07) is 13.3. The third kappa shape index (κ3) is 3.38. The molecule has 0 saturated heterocycles. The Kier molecular flexibility index (Phi) is 4.62. The molecule has 152 valence electrons. The van der Waals surface area contributed by atoms with E-state index in [1.807, 2.05) is 48.5 Å². The van der Waals surface area contributed by atoms with Crippen LogP contribution in [0.5, 0.6) is 0 Å². The van der Waals surface area contributed by atoms with E-state index in [1.165, 1.54) is 26.2 Å². The molecule has 0 spiro atoms. The minimum absolute atomic E-state index is 0.0824. The van der Waals surface area contributed by atoms with Crippen molar-refractivity contribution in [2.75, 3.05) is 5.32 Å². The molecule has 1 atom stereocenters. The fraction of sp³-hybridized carbons (Fsp3) is 0.292. The molecule has 1 aliphatic heterocycles. The average molecular weight is 400 g/mol. The minimum atomic E-state index is -0.315. The summed E-state index contributed by atoms with van der Waals surface area (Å²) < 4.78 is 0. The number of carbonyl (C=O) groups excluding carboxylic acids is 2. The van der Waals surface area contributed by atoms with Crippen LogP contribution in [0.25, 0.3) is 17.1 Å². The van der Waals surface area contributed by atoms with Crippen LogP contribution in [0.15, 0.2) is 48.7 Å². The second-order valence-corrected chi connectivity index (χ2v) is 8.12. The molecule has 6 nitrogen and oxygen atoms in total. The average Bonchev–Trinajstić information content (AvgIpc) is 3.09. The van der Waals surface area contributed by atoms with E-state index in [1.54, 1.807) is 11.1 Å². The van der Waals surface area contributed by atoms with Gasteiger partial charge in [-0.05, 0) is 48.2 Å². The zero-order valence-corrected chi connectivity index (χ0v) is 16.9. The Morgan fingerprint density at radius 2 is 2.03 bits per heavy atom. The Balaban J connectivity index is 1.34. The third-order valence-corrected chi connectivity index (χ3v) is 6.12. The maximum absolute atomic E-state index is 12.9. The van der Waals surface area contributed by atoms with Crippen molar-refractivity contribution in [2.45, 2.75) is 44.6 Å². The van der Waals surface area contributed by atoms with Gasteiger partial charge in [-0.1, -0.05) is 30.7 Å². The molecule has 1 unspecified atom stereocenters. The highest BCUT2D eigenvalue weighted by molar-refractivity contribution is 5.94. The summed E-state index contributed by atoms with van der Waals surface area (Å²) in [7, 11) is 0.